The molecule has 79 valence electrons. The van der Waals surface area contributed by atoms with Crippen molar-refractivity contribution in [1.29, 1.82) is 0 Å². The second-order valence-corrected chi connectivity index (χ2v) is 5.55. The van der Waals surface area contributed by atoms with Gasteiger partial charge in [-0.15, -0.1) is 11.6 Å². The molecule has 5 heteroatoms. The Labute approximate surface area is 85.8 Å². The number of nitrogens with zero attached hydrogens (tertiary/aromatic N) is 1. The summed E-state index contributed by atoms with van der Waals surface area (Å²) in [5.74, 6) is 0.387. The minimum absolute atomic E-state index is 0.0673. The van der Waals surface area contributed by atoms with Crippen molar-refractivity contribution < 1.29 is 8.42 Å². The maximum absolute atomic E-state index is 11.1. The Hall–Kier alpha value is 0.200. The first-order chi connectivity index (χ1) is 6.12. The van der Waals surface area contributed by atoms with Gasteiger partial charge in [0, 0.05) is 19.0 Å². The van der Waals surface area contributed by atoms with Crippen LogP contribution in [0, 0.1) is 0 Å². The molecular weight excluding hydrogens is 210 g/mol. The van der Waals surface area contributed by atoms with Crippen molar-refractivity contribution in [3.05, 3.63) is 0 Å². The van der Waals surface area contributed by atoms with Gasteiger partial charge in [0.1, 0.15) is 0 Å². The molecule has 0 spiro atoms. The van der Waals surface area contributed by atoms with Crippen molar-refractivity contribution in [1.82, 2.24) is 5.32 Å². The van der Waals surface area contributed by atoms with E-state index < -0.39 is 9.84 Å². The number of halogens is 1. The highest BCUT2D eigenvalue weighted by atomic mass is 35.5. The molecule has 0 aromatic heterocycles. The van der Waals surface area contributed by atoms with Crippen LogP contribution in [0.15, 0.2) is 0 Å². The third kappa shape index (κ3) is 8.53. The van der Waals surface area contributed by atoms with Crippen LogP contribution in [0.1, 0.15) is 19.8 Å². The molecule has 0 saturated carbocycles. The molecule has 1 radical (unpaired) electrons. The van der Waals surface area contributed by atoms with Crippen molar-refractivity contribution in [2.45, 2.75) is 19.8 Å². The summed E-state index contributed by atoms with van der Waals surface area (Å²) in [6.07, 6.45) is 2.13. The molecule has 0 saturated heterocycles. The number of hydrogen-bond donors (Lipinski definition) is 0. The summed E-state index contributed by atoms with van der Waals surface area (Å²) < 4.78 is 22.2. The predicted octanol–water partition coefficient (Wildman–Crippen LogP) is 1.04. The molecule has 3 nitrogen and oxygen atoms in total. The Morgan fingerprint density at radius 1 is 1.23 bits per heavy atom. The lowest BCUT2D eigenvalue weighted by molar-refractivity contribution is 0.588. The molecule has 0 aromatic carbocycles. The fourth-order valence-electron chi connectivity index (χ4n) is 0.805. The Morgan fingerprint density at radius 2 is 1.92 bits per heavy atom. The molecule has 0 rings (SSSR count). The van der Waals surface area contributed by atoms with Gasteiger partial charge in [0.15, 0.2) is 9.84 Å². The fraction of sp³-hybridized carbons (Fsp3) is 1.00. The van der Waals surface area contributed by atoms with Crippen LogP contribution in [0.25, 0.3) is 0 Å². The highest BCUT2D eigenvalue weighted by molar-refractivity contribution is 7.91. The Balaban J connectivity index is 3.41. The molecule has 0 aromatic rings. The van der Waals surface area contributed by atoms with E-state index >= 15 is 0 Å². The number of hydrogen-bond acceptors (Lipinski definition) is 2. The van der Waals surface area contributed by atoms with Crippen LogP contribution in [-0.2, 0) is 9.84 Å². The summed E-state index contributed by atoms with van der Waals surface area (Å²) in [7, 11) is -2.94. The lowest BCUT2D eigenvalue weighted by atomic mass is 10.3. The number of alkyl halides is 1. The van der Waals surface area contributed by atoms with E-state index in [2.05, 4.69) is 12.2 Å². The summed E-state index contributed by atoms with van der Waals surface area (Å²) >= 11 is 5.34. The summed E-state index contributed by atoms with van der Waals surface area (Å²) in [4.78, 5) is 0. The average Bonchev–Trinajstić information content (AvgIpc) is 2.04. The minimum atomic E-state index is -2.94. The number of unbranched alkanes of at least 4 members (excludes halogenated alkanes) is 1. The van der Waals surface area contributed by atoms with E-state index in [1.165, 1.54) is 0 Å². The lowest BCUT2D eigenvalue weighted by Crippen LogP contribution is -2.21. The largest absolute Gasteiger partial charge is 0.241 e. The Kier molecular flexibility index (Phi) is 7.71. The third-order valence-electron chi connectivity index (χ3n) is 1.62. The van der Waals surface area contributed by atoms with Gasteiger partial charge in [-0.1, -0.05) is 13.3 Å². The molecule has 0 aliphatic carbocycles. The van der Waals surface area contributed by atoms with Crippen molar-refractivity contribution in [2.75, 3.05) is 30.5 Å². The van der Waals surface area contributed by atoms with E-state index in [0.717, 1.165) is 19.4 Å². The van der Waals surface area contributed by atoms with Crippen LogP contribution < -0.4 is 5.32 Å². The quantitative estimate of drug-likeness (QED) is 0.459. The predicted molar refractivity (Wildman–Crippen MR) is 56.1 cm³/mol. The van der Waals surface area contributed by atoms with Gasteiger partial charge in [-0.3, -0.25) is 0 Å². The molecule has 13 heavy (non-hydrogen) atoms. The van der Waals surface area contributed by atoms with E-state index in [4.69, 9.17) is 11.6 Å². The van der Waals surface area contributed by atoms with Crippen LogP contribution in [-0.4, -0.2) is 38.9 Å². The monoisotopic (exact) mass is 226 g/mol. The van der Waals surface area contributed by atoms with Crippen molar-refractivity contribution >= 4 is 21.4 Å². The van der Waals surface area contributed by atoms with Crippen LogP contribution >= 0.6 is 11.6 Å². The molecule has 0 fully saturated rings. The second kappa shape index (κ2) is 7.59. The van der Waals surface area contributed by atoms with Gasteiger partial charge in [-0.25, -0.2) is 13.7 Å². The maximum Gasteiger partial charge on any atom is 0.152 e. The molecule has 0 N–H and O–H groups in total. The van der Waals surface area contributed by atoms with E-state index in [9.17, 15) is 8.42 Å². The van der Waals surface area contributed by atoms with Gasteiger partial charge < -0.3 is 0 Å². The van der Waals surface area contributed by atoms with E-state index in [1.54, 1.807) is 0 Å². The average molecular weight is 227 g/mol. The van der Waals surface area contributed by atoms with Gasteiger partial charge in [0.2, 0.25) is 0 Å². The van der Waals surface area contributed by atoms with Crippen molar-refractivity contribution in [2.24, 2.45) is 0 Å². The maximum atomic E-state index is 11.1. The molecule has 0 bridgehead atoms. The summed E-state index contributed by atoms with van der Waals surface area (Å²) in [6.45, 7) is 3.27. The summed E-state index contributed by atoms with van der Waals surface area (Å²) in [6, 6.07) is 0. The zero-order valence-corrected chi connectivity index (χ0v) is 9.57. The second-order valence-electron chi connectivity index (χ2n) is 2.87. The molecule has 0 heterocycles. The SMILES string of the molecule is CCCC[N]CCS(=O)(=O)CCCl. The van der Waals surface area contributed by atoms with Gasteiger partial charge in [-0.2, -0.15) is 0 Å². The number of rotatable bonds is 8. The third-order valence-corrected chi connectivity index (χ3v) is 3.66. The van der Waals surface area contributed by atoms with Crippen LogP contribution in [0.3, 0.4) is 0 Å². The highest BCUT2D eigenvalue weighted by Crippen LogP contribution is 1.91. The minimum Gasteiger partial charge on any atom is -0.241 e. The number of sulfone groups is 1. The van der Waals surface area contributed by atoms with E-state index in [1.807, 2.05) is 0 Å². The Morgan fingerprint density at radius 3 is 2.46 bits per heavy atom. The van der Waals surface area contributed by atoms with Gasteiger partial charge in [0.05, 0.1) is 11.5 Å². The Bertz CT molecular complexity index is 204. The van der Waals surface area contributed by atoms with Crippen LogP contribution in [0.4, 0.5) is 0 Å². The first-order valence-corrected chi connectivity index (χ1v) is 6.87. The van der Waals surface area contributed by atoms with Crippen molar-refractivity contribution in [3.63, 3.8) is 0 Å². The first-order valence-electron chi connectivity index (χ1n) is 4.52. The zero-order valence-electron chi connectivity index (χ0n) is 8.00. The molecule has 0 aliphatic rings. The first kappa shape index (κ1) is 13.2. The zero-order chi connectivity index (χ0) is 10.2. The fourth-order valence-corrected chi connectivity index (χ4v) is 2.36. The van der Waals surface area contributed by atoms with Gasteiger partial charge >= 0.3 is 0 Å². The smallest absolute Gasteiger partial charge is 0.152 e. The molecular formula is C8H17ClNO2S. The lowest BCUT2D eigenvalue weighted by Gasteiger charge is -2.02. The van der Waals surface area contributed by atoms with Gasteiger partial charge in [-0.05, 0) is 6.42 Å². The highest BCUT2D eigenvalue weighted by Gasteiger charge is 2.08. The summed E-state index contributed by atoms with van der Waals surface area (Å²) in [5, 5.41) is 4.11. The van der Waals surface area contributed by atoms with E-state index in [0.29, 0.717) is 6.54 Å². The summed E-state index contributed by atoms with van der Waals surface area (Å²) in [5.41, 5.74) is 0. The van der Waals surface area contributed by atoms with Gasteiger partial charge in [0.25, 0.3) is 0 Å². The molecule has 0 unspecified atom stereocenters. The van der Waals surface area contributed by atoms with Crippen molar-refractivity contribution in [3.8, 4) is 0 Å². The van der Waals surface area contributed by atoms with Crippen LogP contribution in [0.5, 0.6) is 0 Å². The standard InChI is InChI=1S/C8H17ClNO2S/c1-2-3-5-10-6-8-13(11,12)7-4-9/h2-8H2,1H3. The van der Waals surface area contributed by atoms with E-state index in [-0.39, 0.29) is 17.4 Å². The normalized spacial score (nSPS) is 11.8. The van der Waals surface area contributed by atoms with Crippen LogP contribution in [0.2, 0.25) is 0 Å². The molecule has 0 amide bonds. The molecule has 0 atom stereocenters. The topological polar surface area (TPSA) is 48.2 Å². The molecule has 0 aliphatic heterocycles.